The largest absolute Gasteiger partial charge is 0.467 e. The van der Waals surface area contributed by atoms with Gasteiger partial charge < -0.3 is 9.52 Å². The van der Waals surface area contributed by atoms with E-state index in [9.17, 15) is 0 Å². The third-order valence-electron chi connectivity index (χ3n) is 0.736. The van der Waals surface area contributed by atoms with Crippen molar-refractivity contribution in [3.8, 4) is 0 Å². The van der Waals surface area contributed by atoms with Crippen molar-refractivity contribution in [2.24, 2.45) is 0 Å². The molecule has 1 heterocycles. The predicted molar refractivity (Wildman–Crippen MR) is 30.4 cm³/mol. The van der Waals surface area contributed by atoms with Crippen molar-refractivity contribution < 1.29 is 9.52 Å². The summed E-state index contributed by atoms with van der Waals surface area (Å²) in [5.41, 5.74) is 0. The summed E-state index contributed by atoms with van der Waals surface area (Å²) in [6.45, 7) is -0.00694. The van der Waals surface area contributed by atoms with Gasteiger partial charge in [0.15, 0.2) is 0 Å². The van der Waals surface area contributed by atoms with Gasteiger partial charge in [0.25, 0.3) is 0 Å². The van der Waals surface area contributed by atoms with Gasteiger partial charge in [-0.15, -0.1) is 0 Å². The molecule has 0 fully saturated rings. The van der Waals surface area contributed by atoms with E-state index in [2.05, 4.69) is 0 Å². The molecule has 3 heteroatoms. The van der Waals surface area contributed by atoms with E-state index in [0.717, 1.165) is 0 Å². The van der Waals surface area contributed by atoms with Crippen molar-refractivity contribution in [2.75, 3.05) is 0 Å². The molecule has 1 N–H and O–H groups in total. The van der Waals surface area contributed by atoms with E-state index in [1.165, 1.54) is 6.26 Å². The third-order valence-corrected chi connectivity index (χ3v) is 0.736. The number of rotatable bonds is 1. The molecule has 1 aromatic rings. The van der Waals surface area contributed by atoms with Gasteiger partial charge >= 0.3 is 0 Å². The molecule has 0 unspecified atom stereocenters. The first-order chi connectivity index (χ1) is 3.43. The first-order valence-electron chi connectivity index (χ1n) is 2.06. The Balaban J connectivity index is 0.000000490. The Morgan fingerprint density at radius 2 is 2.38 bits per heavy atom. The summed E-state index contributed by atoms with van der Waals surface area (Å²) in [6, 6.07) is 3.46. The Labute approximate surface area is 69.8 Å². The Hall–Kier alpha value is 0.240. The molecule has 0 saturated carbocycles. The molecule has 0 aliphatic carbocycles. The van der Waals surface area contributed by atoms with Gasteiger partial charge in [-0.25, -0.2) is 0 Å². The summed E-state index contributed by atoms with van der Waals surface area (Å²) >= 11 is 0. The molecule has 1 radical (unpaired) electrons. The molecular weight excluding hydrogens is 115 g/mol. The molecule has 0 aromatic carbocycles. The van der Waals surface area contributed by atoms with E-state index in [-0.39, 0.29) is 36.2 Å². The van der Waals surface area contributed by atoms with Gasteiger partial charge in [0.2, 0.25) is 0 Å². The zero-order valence-electron chi connectivity index (χ0n) is 4.79. The molecule has 0 bridgehead atoms. The first kappa shape index (κ1) is 8.24. The van der Waals surface area contributed by atoms with Gasteiger partial charge in [0, 0.05) is 29.6 Å². The normalized spacial score (nSPS) is 8.12. The van der Waals surface area contributed by atoms with E-state index in [1.54, 1.807) is 12.1 Å². The molecule has 0 amide bonds. The molecule has 0 spiro atoms. The average Bonchev–Trinajstić information content (AvgIpc) is 2.14. The van der Waals surface area contributed by atoms with Crippen LogP contribution < -0.4 is 0 Å². The van der Waals surface area contributed by atoms with E-state index >= 15 is 0 Å². The Bertz CT molecular complexity index is 125. The Morgan fingerprint density at radius 1 is 1.62 bits per heavy atom. The van der Waals surface area contributed by atoms with E-state index in [4.69, 9.17) is 9.52 Å². The van der Waals surface area contributed by atoms with Gasteiger partial charge in [-0.05, 0) is 12.1 Å². The van der Waals surface area contributed by atoms with Crippen molar-refractivity contribution in [1.82, 2.24) is 0 Å². The molecule has 1 rings (SSSR count). The fraction of sp³-hybridized carbons (Fsp3) is 0.200. The van der Waals surface area contributed by atoms with Crippen molar-refractivity contribution in [3.63, 3.8) is 0 Å². The molecule has 0 aliphatic heterocycles. The van der Waals surface area contributed by atoms with Crippen LogP contribution in [-0.4, -0.2) is 34.7 Å². The smallest absolute Gasteiger partial charge is 0.129 e. The van der Waals surface area contributed by atoms with Crippen LogP contribution in [-0.2, 0) is 6.61 Å². The van der Waals surface area contributed by atoms with Crippen molar-refractivity contribution in [1.29, 1.82) is 0 Å². The topological polar surface area (TPSA) is 33.4 Å². The number of furan rings is 1. The summed E-state index contributed by atoms with van der Waals surface area (Å²) in [6.07, 6.45) is 1.53. The van der Waals surface area contributed by atoms with Crippen LogP contribution in [0.15, 0.2) is 22.8 Å². The maximum absolute atomic E-state index is 8.33. The minimum absolute atomic E-state index is 0. The SMILES string of the molecule is OCc1ccco1.[Na]. The van der Waals surface area contributed by atoms with Crippen LogP contribution in [0, 0.1) is 0 Å². The van der Waals surface area contributed by atoms with Gasteiger partial charge in [0.1, 0.15) is 12.4 Å². The third kappa shape index (κ3) is 2.01. The number of aliphatic hydroxyl groups is 1. The van der Waals surface area contributed by atoms with Crippen LogP contribution in [0.1, 0.15) is 5.76 Å². The monoisotopic (exact) mass is 121 g/mol. The zero-order chi connectivity index (χ0) is 5.11. The first-order valence-corrected chi connectivity index (χ1v) is 2.06. The van der Waals surface area contributed by atoms with Crippen molar-refractivity contribution >= 4 is 29.6 Å². The zero-order valence-corrected chi connectivity index (χ0v) is 6.79. The molecule has 39 valence electrons. The summed E-state index contributed by atoms with van der Waals surface area (Å²) in [4.78, 5) is 0. The Kier molecular flexibility index (Phi) is 4.28. The quantitative estimate of drug-likeness (QED) is 0.545. The standard InChI is InChI=1S/C5H6O2.Na/c6-4-5-2-1-3-7-5;/h1-3,6H,4H2;. The van der Waals surface area contributed by atoms with Crippen molar-refractivity contribution in [2.45, 2.75) is 6.61 Å². The molecule has 0 aliphatic rings. The van der Waals surface area contributed by atoms with Crippen LogP contribution in [0.4, 0.5) is 0 Å². The number of hydrogen-bond acceptors (Lipinski definition) is 2. The minimum atomic E-state index is -0.00694. The van der Waals surface area contributed by atoms with Gasteiger partial charge in [-0.3, -0.25) is 0 Å². The fourth-order valence-electron chi connectivity index (χ4n) is 0.403. The summed E-state index contributed by atoms with van der Waals surface area (Å²) in [7, 11) is 0. The second-order valence-corrected chi connectivity index (χ2v) is 1.24. The van der Waals surface area contributed by atoms with Crippen LogP contribution in [0.5, 0.6) is 0 Å². The van der Waals surface area contributed by atoms with Crippen LogP contribution in [0.2, 0.25) is 0 Å². The van der Waals surface area contributed by atoms with Gasteiger partial charge in [-0.1, -0.05) is 0 Å². The average molecular weight is 121 g/mol. The summed E-state index contributed by atoms with van der Waals surface area (Å²) < 4.78 is 4.73. The molecular formula is C5H6NaO2. The summed E-state index contributed by atoms with van der Waals surface area (Å²) in [5, 5.41) is 8.33. The van der Waals surface area contributed by atoms with Crippen LogP contribution >= 0.6 is 0 Å². The second kappa shape index (κ2) is 4.15. The van der Waals surface area contributed by atoms with E-state index in [1.807, 2.05) is 0 Å². The van der Waals surface area contributed by atoms with Crippen LogP contribution in [0.3, 0.4) is 0 Å². The maximum atomic E-state index is 8.33. The Morgan fingerprint density at radius 3 is 2.62 bits per heavy atom. The van der Waals surface area contributed by atoms with Gasteiger partial charge in [-0.2, -0.15) is 0 Å². The van der Waals surface area contributed by atoms with E-state index in [0.29, 0.717) is 5.76 Å². The van der Waals surface area contributed by atoms with Crippen LogP contribution in [0.25, 0.3) is 0 Å². The molecule has 1 aromatic heterocycles. The molecule has 2 nitrogen and oxygen atoms in total. The number of aliphatic hydroxyl groups excluding tert-OH is 1. The number of hydrogen-bond donors (Lipinski definition) is 1. The maximum Gasteiger partial charge on any atom is 0.129 e. The molecule has 8 heavy (non-hydrogen) atoms. The molecule has 0 saturated heterocycles. The minimum Gasteiger partial charge on any atom is -0.467 e. The van der Waals surface area contributed by atoms with Gasteiger partial charge in [0.05, 0.1) is 6.26 Å². The second-order valence-electron chi connectivity index (χ2n) is 1.24. The summed E-state index contributed by atoms with van der Waals surface area (Å²) in [5.74, 6) is 0.611. The fourth-order valence-corrected chi connectivity index (χ4v) is 0.403. The predicted octanol–water partition coefficient (Wildman–Crippen LogP) is 0.391. The molecule has 0 atom stereocenters. The van der Waals surface area contributed by atoms with Crippen molar-refractivity contribution in [3.05, 3.63) is 24.2 Å². The van der Waals surface area contributed by atoms with E-state index < -0.39 is 0 Å².